The summed E-state index contributed by atoms with van der Waals surface area (Å²) in [5.74, 6) is 1.31. The maximum absolute atomic E-state index is 12.7. The number of likely N-dealkylation sites (tertiary alicyclic amines) is 1. The molecule has 0 saturated carbocycles. The van der Waals surface area contributed by atoms with Crippen molar-refractivity contribution in [3.8, 4) is 5.75 Å². The summed E-state index contributed by atoms with van der Waals surface area (Å²) in [4.78, 5) is 41.1. The molecular weight excluding hydrogens is 400 g/mol. The quantitative estimate of drug-likeness (QED) is 0.787. The lowest BCUT2D eigenvalue weighted by Crippen LogP contribution is -2.42. The molecule has 2 aliphatic heterocycles. The fourth-order valence-corrected chi connectivity index (χ4v) is 3.98. The molecule has 3 amide bonds. The highest BCUT2D eigenvalue weighted by Crippen LogP contribution is 2.31. The van der Waals surface area contributed by atoms with Crippen molar-refractivity contribution in [1.82, 2.24) is 10.1 Å². The summed E-state index contributed by atoms with van der Waals surface area (Å²) in [7, 11) is 0. The highest BCUT2D eigenvalue weighted by atomic mass is 16.5. The molecule has 0 aliphatic carbocycles. The second-order valence-corrected chi connectivity index (χ2v) is 7.83. The van der Waals surface area contributed by atoms with Crippen molar-refractivity contribution in [2.45, 2.75) is 32.6 Å². The first kappa shape index (κ1) is 20.9. The van der Waals surface area contributed by atoms with Gasteiger partial charge in [0, 0.05) is 37.9 Å². The lowest BCUT2D eigenvalue weighted by Gasteiger charge is -2.32. The van der Waals surface area contributed by atoms with Gasteiger partial charge < -0.3 is 24.4 Å². The van der Waals surface area contributed by atoms with E-state index in [1.807, 2.05) is 24.3 Å². The SMILES string of the molecule is Cc1cc(NC(=O)C2CCN(C(=O)CCC(=O)N3CCOc4ccccc43)CC2)no1. The molecule has 0 atom stereocenters. The van der Waals surface area contributed by atoms with Crippen molar-refractivity contribution < 1.29 is 23.6 Å². The Morgan fingerprint density at radius 2 is 1.84 bits per heavy atom. The number of carbonyl (C=O) groups is 3. The molecule has 9 heteroatoms. The zero-order chi connectivity index (χ0) is 21.8. The van der Waals surface area contributed by atoms with E-state index in [4.69, 9.17) is 9.26 Å². The van der Waals surface area contributed by atoms with Crippen LogP contribution < -0.4 is 15.0 Å². The molecule has 1 N–H and O–H groups in total. The fourth-order valence-electron chi connectivity index (χ4n) is 3.98. The molecule has 4 rings (SSSR count). The zero-order valence-corrected chi connectivity index (χ0v) is 17.5. The number of anilines is 2. The number of ether oxygens (including phenoxy) is 1. The number of aryl methyl sites for hydroxylation is 1. The fraction of sp³-hybridized carbons (Fsp3) is 0.455. The number of hydrogen-bond acceptors (Lipinski definition) is 6. The lowest BCUT2D eigenvalue weighted by atomic mass is 9.95. The van der Waals surface area contributed by atoms with E-state index in [0.29, 0.717) is 56.4 Å². The van der Waals surface area contributed by atoms with E-state index in [1.54, 1.807) is 22.8 Å². The Balaban J connectivity index is 1.23. The molecule has 0 unspecified atom stereocenters. The van der Waals surface area contributed by atoms with Crippen molar-refractivity contribution >= 4 is 29.2 Å². The Hall–Kier alpha value is -3.36. The standard InChI is InChI=1S/C22H26N4O5/c1-15-14-19(24-31-15)23-22(29)16-8-10-25(11-9-16)20(27)6-7-21(28)26-12-13-30-18-5-3-2-4-17(18)26/h2-5,14,16H,6-13H2,1H3,(H,23,24,29). The van der Waals surface area contributed by atoms with E-state index in [9.17, 15) is 14.4 Å². The number of nitrogens with one attached hydrogen (secondary N) is 1. The van der Waals surface area contributed by atoms with Crippen LogP contribution in [0.4, 0.5) is 11.5 Å². The number of rotatable bonds is 5. The first-order chi connectivity index (χ1) is 15.0. The van der Waals surface area contributed by atoms with E-state index >= 15 is 0 Å². The molecule has 9 nitrogen and oxygen atoms in total. The van der Waals surface area contributed by atoms with E-state index in [0.717, 1.165) is 5.69 Å². The number of nitrogens with zero attached hydrogens (tertiary/aromatic N) is 3. The molecule has 1 aromatic heterocycles. The molecule has 2 aliphatic rings. The number of carbonyl (C=O) groups excluding carboxylic acids is 3. The van der Waals surface area contributed by atoms with Crippen LogP contribution in [0.2, 0.25) is 0 Å². The van der Waals surface area contributed by atoms with E-state index in [-0.39, 0.29) is 36.5 Å². The number of benzene rings is 1. The van der Waals surface area contributed by atoms with Crippen LogP contribution in [0.3, 0.4) is 0 Å². The van der Waals surface area contributed by atoms with Crippen molar-refractivity contribution in [3.63, 3.8) is 0 Å². The third-order valence-electron chi connectivity index (χ3n) is 5.68. The largest absolute Gasteiger partial charge is 0.490 e. The first-order valence-electron chi connectivity index (χ1n) is 10.6. The molecule has 31 heavy (non-hydrogen) atoms. The predicted octanol–water partition coefficient (Wildman–Crippen LogP) is 2.37. The maximum atomic E-state index is 12.7. The minimum atomic E-state index is -0.174. The van der Waals surface area contributed by atoms with Gasteiger partial charge in [-0.15, -0.1) is 0 Å². The van der Waals surface area contributed by atoms with Gasteiger partial charge in [0.15, 0.2) is 5.82 Å². The van der Waals surface area contributed by atoms with Gasteiger partial charge in [0.2, 0.25) is 17.7 Å². The number of fused-ring (bicyclic) bond motifs is 1. The smallest absolute Gasteiger partial charge is 0.228 e. The minimum Gasteiger partial charge on any atom is -0.490 e. The van der Waals surface area contributed by atoms with Crippen molar-refractivity contribution in [1.29, 1.82) is 0 Å². The summed E-state index contributed by atoms with van der Waals surface area (Å²) >= 11 is 0. The monoisotopic (exact) mass is 426 g/mol. The highest BCUT2D eigenvalue weighted by Gasteiger charge is 2.29. The van der Waals surface area contributed by atoms with Gasteiger partial charge in [0.05, 0.1) is 12.2 Å². The van der Waals surface area contributed by atoms with Gasteiger partial charge >= 0.3 is 0 Å². The average Bonchev–Trinajstić information content (AvgIpc) is 3.21. The average molecular weight is 426 g/mol. The summed E-state index contributed by atoms with van der Waals surface area (Å²) < 4.78 is 10.5. The van der Waals surface area contributed by atoms with E-state index < -0.39 is 0 Å². The number of aromatic nitrogens is 1. The zero-order valence-electron chi connectivity index (χ0n) is 17.5. The van der Waals surface area contributed by atoms with Crippen molar-refractivity contribution in [3.05, 3.63) is 36.1 Å². The molecule has 0 bridgehead atoms. The molecule has 1 aromatic carbocycles. The highest BCUT2D eigenvalue weighted by molar-refractivity contribution is 5.97. The van der Waals surface area contributed by atoms with Crippen LogP contribution in [0.1, 0.15) is 31.4 Å². The van der Waals surface area contributed by atoms with E-state index in [1.165, 1.54) is 0 Å². The second-order valence-electron chi connectivity index (χ2n) is 7.83. The molecular formula is C22H26N4O5. The van der Waals surface area contributed by atoms with Gasteiger partial charge in [-0.1, -0.05) is 17.3 Å². The van der Waals surface area contributed by atoms with Crippen molar-refractivity contribution in [2.24, 2.45) is 5.92 Å². The Labute approximate surface area is 180 Å². The maximum Gasteiger partial charge on any atom is 0.228 e. The minimum absolute atomic E-state index is 0.0547. The van der Waals surface area contributed by atoms with Gasteiger partial charge in [-0.25, -0.2) is 0 Å². The molecule has 1 saturated heterocycles. The molecule has 0 spiro atoms. The van der Waals surface area contributed by atoms with Gasteiger partial charge in [0.1, 0.15) is 18.1 Å². The van der Waals surface area contributed by atoms with Crippen LogP contribution >= 0.6 is 0 Å². The van der Waals surface area contributed by atoms with E-state index in [2.05, 4.69) is 10.5 Å². The van der Waals surface area contributed by atoms with Crippen LogP contribution in [0.15, 0.2) is 34.9 Å². The summed E-state index contributed by atoms with van der Waals surface area (Å²) in [6.45, 7) is 3.69. The second kappa shape index (κ2) is 9.20. The van der Waals surface area contributed by atoms with Crippen LogP contribution in [0, 0.1) is 12.8 Å². The van der Waals surface area contributed by atoms with Gasteiger partial charge in [0.25, 0.3) is 0 Å². The van der Waals surface area contributed by atoms with Crippen molar-refractivity contribution in [2.75, 3.05) is 36.5 Å². The molecule has 0 radical (unpaired) electrons. The van der Waals surface area contributed by atoms with Crippen LogP contribution in [-0.4, -0.2) is 54.0 Å². The van der Waals surface area contributed by atoms with Crippen LogP contribution in [0.5, 0.6) is 5.75 Å². The van der Waals surface area contributed by atoms with Gasteiger partial charge in [-0.3, -0.25) is 14.4 Å². The summed E-state index contributed by atoms with van der Waals surface area (Å²) in [5.41, 5.74) is 0.750. The number of amides is 3. The van der Waals surface area contributed by atoms with Crippen LogP contribution in [-0.2, 0) is 14.4 Å². The normalized spacial score (nSPS) is 16.4. The number of hydrogen-bond donors (Lipinski definition) is 1. The Kier molecular flexibility index (Phi) is 6.20. The third kappa shape index (κ3) is 4.87. The molecule has 2 aromatic rings. The third-order valence-corrected chi connectivity index (χ3v) is 5.68. The number of piperidine rings is 1. The van der Waals surface area contributed by atoms with Gasteiger partial charge in [-0.05, 0) is 31.9 Å². The Bertz CT molecular complexity index is 964. The summed E-state index contributed by atoms with van der Waals surface area (Å²) in [6, 6.07) is 9.09. The lowest BCUT2D eigenvalue weighted by molar-refractivity contribution is -0.135. The molecule has 3 heterocycles. The summed E-state index contributed by atoms with van der Waals surface area (Å²) in [6.07, 6.45) is 1.48. The Morgan fingerprint density at radius 3 is 2.58 bits per heavy atom. The molecule has 1 fully saturated rings. The van der Waals surface area contributed by atoms with Crippen LogP contribution in [0.25, 0.3) is 0 Å². The predicted molar refractivity (Wildman–Crippen MR) is 113 cm³/mol. The number of para-hydroxylation sites is 2. The first-order valence-corrected chi connectivity index (χ1v) is 10.6. The molecule has 164 valence electrons. The topological polar surface area (TPSA) is 105 Å². The van der Waals surface area contributed by atoms with Gasteiger partial charge in [-0.2, -0.15) is 0 Å². The Morgan fingerprint density at radius 1 is 1.10 bits per heavy atom. The summed E-state index contributed by atoms with van der Waals surface area (Å²) in [5, 5.41) is 6.53.